The number of carboxylic acid groups (broad SMARTS) is 1. The van der Waals surface area contributed by atoms with Crippen LogP contribution >= 0.6 is 0 Å². The van der Waals surface area contributed by atoms with Gasteiger partial charge in [-0.15, -0.1) is 0 Å². The molecule has 0 aromatic heterocycles. The van der Waals surface area contributed by atoms with Gasteiger partial charge >= 0.3 is 11.9 Å². The smallest absolute Gasteiger partial charge is 0.338 e. The molecule has 0 amide bonds. The van der Waals surface area contributed by atoms with E-state index in [9.17, 15) is 14.7 Å². The average molecular weight is 611 g/mol. The third-order valence-electron chi connectivity index (χ3n) is 8.90. The molecule has 0 unspecified atom stereocenters. The average Bonchev–Trinajstić information content (AvgIpc) is 3.18. The lowest BCUT2D eigenvalue weighted by Gasteiger charge is -2.41. The van der Waals surface area contributed by atoms with Gasteiger partial charge in [-0.3, -0.25) is 4.79 Å². The summed E-state index contributed by atoms with van der Waals surface area (Å²) in [5.74, 6) is -4.65. The molecule has 9 heteroatoms. The molecule has 0 bridgehead atoms. The Morgan fingerprint density at radius 3 is 2.36 bits per heavy atom. The van der Waals surface area contributed by atoms with Crippen molar-refractivity contribution >= 4 is 20.3 Å². The molecular formula is C33H52F2O6Si. The molecule has 0 heterocycles. The Hall–Kier alpha value is -2.10. The second kappa shape index (κ2) is 16.1. The van der Waals surface area contributed by atoms with Gasteiger partial charge in [-0.1, -0.05) is 70.9 Å². The monoisotopic (exact) mass is 610 g/mol. The van der Waals surface area contributed by atoms with Crippen molar-refractivity contribution in [3.05, 3.63) is 48.0 Å². The number of esters is 1. The van der Waals surface area contributed by atoms with Crippen molar-refractivity contribution in [3.63, 3.8) is 0 Å². The summed E-state index contributed by atoms with van der Waals surface area (Å²) in [7, 11) is -2.46. The number of benzene rings is 1. The number of carbonyl (C=O) groups is 2. The van der Waals surface area contributed by atoms with Crippen LogP contribution in [0.5, 0.6) is 0 Å². The molecule has 238 valence electrons. The highest BCUT2D eigenvalue weighted by Crippen LogP contribution is 2.43. The van der Waals surface area contributed by atoms with E-state index in [0.717, 1.165) is 0 Å². The van der Waals surface area contributed by atoms with Gasteiger partial charge in [0, 0.05) is 25.2 Å². The summed E-state index contributed by atoms with van der Waals surface area (Å²) >= 11 is 0. The van der Waals surface area contributed by atoms with Crippen LogP contribution in [0.15, 0.2) is 42.5 Å². The molecule has 2 rings (SSSR count). The lowest BCUT2D eigenvalue weighted by atomic mass is 9.85. The number of rotatable bonds is 17. The minimum Gasteiger partial charge on any atom is -0.481 e. The van der Waals surface area contributed by atoms with Crippen molar-refractivity contribution in [2.75, 3.05) is 0 Å². The topological polar surface area (TPSA) is 93.1 Å². The van der Waals surface area contributed by atoms with Crippen molar-refractivity contribution in [1.29, 1.82) is 0 Å². The summed E-state index contributed by atoms with van der Waals surface area (Å²) in [6.45, 7) is 11.9. The Morgan fingerprint density at radius 1 is 1.10 bits per heavy atom. The lowest BCUT2D eigenvalue weighted by molar-refractivity contribution is -0.137. The molecular weight excluding hydrogens is 558 g/mol. The Bertz CT molecular complexity index is 1010. The van der Waals surface area contributed by atoms with E-state index in [4.69, 9.17) is 14.3 Å². The normalized spacial score (nSPS) is 22.4. The van der Waals surface area contributed by atoms with Crippen molar-refractivity contribution in [2.45, 2.75) is 134 Å². The zero-order valence-electron chi connectivity index (χ0n) is 26.3. The molecule has 1 fully saturated rings. The number of unbranched alkanes of at least 4 members (excludes halogenated alkanes) is 1. The van der Waals surface area contributed by atoms with Crippen LogP contribution in [0, 0.1) is 11.8 Å². The number of carbonyl (C=O) groups excluding carboxylic acids is 1. The lowest BCUT2D eigenvalue weighted by Crippen LogP contribution is -2.49. The standard InChI is InChI=1S/C33H52F2O6Si/c1-7-22-33(34,35)29(41-42(5,6)32(2,3)4)20-15-19-26-25(18-13-8-9-14-21-30(37)38)27(36)23-28(26)40-31(39)24-16-11-10-12-17-24/h8,10-13,16-17,25-29,36H,7,9,14-15,18-23H2,1-6H3,(H,37,38)/b13-8-/t25-,26-,27-,28-,29+/m1/s1. The van der Waals surface area contributed by atoms with Crippen molar-refractivity contribution in [3.8, 4) is 0 Å². The van der Waals surface area contributed by atoms with Crippen LogP contribution in [-0.4, -0.2) is 54.7 Å². The van der Waals surface area contributed by atoms with Crippen LogP contribution in [0.1, 0.15) is 102 Å². The van der Waals surface area contributed by atoms with Crippen LogP contribution in [0.3, 0.4) is 0 Å². The van der Waals surface area contributed by atoms with E-state index in [1.807, 2.05) is 52.1 Å². The number of aliphatic hydroxyl groups excluding tert-OH is 1. The SMILES string of the molecule is CCCC(F)(F)[C@H](CCC[C@@H]1[C@@H](C/C=C\CCCC(=O)O)[C@H](O)C[C@H]1OC(=O)c1ccccc1)O[Si](C)(C)C(C)(C)C. The van der Waals surface area contributed by atoms with Crippen LogP contribution in [-0.2, 0) is 14.0 Å². The maximum absolute atomic E-state index is 15.3. The van der Waals surface area contributed by atoms with Gasteiger partial charge in [-0.25, -0.2) is 13.6 Å². The summed E-state index contributed by atoms with van der Waals surface area (Å²) in [6.07, 6.45) is 4.78. The number of hydrogen-bond acceptors (Lipinski definition) is 5. The largest absolute Gasteiger partial charge is 0.481 e. The maximum atomic E-state index is 15.3. The first-order chi connectivity index (χ1) is 19.6. The number of alkyl halides is 2. The number of aliphatic hydroxyl groups is 1. The van der Waals surface area contributed by atoms with E-state index in [-0.39, 0.29) is 42.6 Å². The highest BCUT2D eigenvalue weighted by Gasteiger charge is 2.48. The molecule has 1 aromatic rings. The minimum absolute atomic E-state index is 0.0946. The van der Waals surface area contributed by atoms with Crippen LogP contribution in [0.2, 0.25) is 18.1 Å². The fraction of sp³-hybridized carbons (Fsp3) is 0.697. The predicted molar refractivity (Wildman–Crippen MR) is 164 cm³/mol. The molecule has 1 saturated carbocycles. The van der Waals surface area contributed by atoms with E-state index in [0.29, 0.717) is 44.1 Å². The molecule has 1 aliphatic carbocycles. The van der Waals surface area contributed by atoms with Crippen molar-refractivity contribution in [2.24, 2.45) is 11.8 Å². The number of ether oxygens (including phenoxy) is 1. The molecule has 42 heavy (non-hydrogen) atoms. The van der Waals surface area contributed by atoms with Crippen molar-refractivity contribution in [1.82, 2.24) is 0 Å². The zero-order chi connectivity index (χ0) is 31.6. The summed E-state index contributed by atoms with van der Waals surface area (Å²) in [5.41, 5.74) is 0.426. The van der Waals surface area contributed by atoms with Gasteiger partial charge in [0.1, 0.15) is 12.2 Å². The van der Waals surface area contributed by atoms with E-state index in [1.54, 1.807) is 31.2 Å². The van der Waals surface area contributed by atoms with Gasteiger partial charge in [0.25, 0.3) is 5.92 Å². The Kier molecular flexibility index (Phi) is 13.8. The molecule has 0 aliphatic heterocycles. The summed E-state index contributed by atoms with van der Waals surface area (Å²) in [4.78, 5) is 23.7. The first-order valence-corrected chi connectivity index (χ1v) is 18.4. The second-order valence-electron chi connectivity index (χ2n) is 13.2. The van der Waals surface area contributed by atoms with E-state index < -0.39 is 44.5 Å². The number of carboxylic acids is 1. The number of allylic oxidation sites excluding steroid dienone is 2. The van der Waals surface area contributed by atoms with Gasteiger partial charge in [-0.2, -0.15) is 0 Å². The van der Waals surface area contributed by atoms with E-state index >= 15 is 8.78 Å². The van der Waals surface area contributed by atoms with Gasteiger partial charge in [0.2, 0.25) is 0 Å². The van der Waals surface area contributed by atoms with E-state index in [1.165, 1.54) is 0 Å². The third-order valence-corrected chi connectivity index (χ3v) is 13.4. The fourth-order valence-electron chi connectivity index (χ4n) is 5.46. The first-order valence-electron chi connectivity index (χ1n) is 15.5. The molecule has 1 aliphatic rings. The molecule has 0 radical (unpaired) electrons. The summed E-state index contributed by atoms with van der Waals surface area (Å²) in [5, 5.41) is 19.6. The maximum Gasteiger partial charge on any atom is 0.338 e. The van der Waals surface area contributed by atoms with Gasteiger partial charge in [0.05, 0.1) is 11.7 Å². The van der Waals surface area contributed by atoms with Gasteiger partial charge < -0.3 is 19.4 Å². The van der Waals surface area contributed by atoms with Gasteiger partial charge in [-0.05, 0) is 68.3 Å². The highest BCUT2D eigenvalue weighted by atomic mass is 28.4. The quantitative estimate of drug-likeness (QED) is 0.0796. The number of halogens is 2. The Labute approximate surface area is 252 Å². The molecule has 0 spiro atoms. The molecule has 0 saturated heterocycles. The summed E-state index contributed by atoms with van der Waals surface area (Å²) in [6, 6.07) is 8.69. The fourth-order valence-corrected chi connectivity index (χ4v) is 6.82. The highest BCUT2D eigenvalue weighted by molar-refractivity contribution is 6.74. The summed E-state index contributed by atoms with van der Waals surface area (Å²) < 4.78 is 42.9. The Balaban J connectivity index is 2.19. The third kappa shape index (κ3) is 10.9. The molecule has 5 atom stereocenters. The van der Waals surface area contributed by atoms with E-state index in [2.05, 4.69) is 0 Å². The zero-order valence-corrected chi connectivity index (χ0v) is 27.3. The predicted octanol–water partition coefficient (Wildman–Crippen LogP) is 8.41. The second-order valence-corrected chi connectivity index (χ2v) is 18.0. The first kappa shape index (κ1) is 36.1. The Morgan fingerprint density at radius 2 is 1.76 bits per heavy atom. The van der Waals surface area contributed by atoms with Crippen LogP contribution in [0.25, 0.3) is 0 Å². The van der Waals surface area contributed by atoms with Crippen molar-refractivity contribution < 1.29 is 37.7 Å². The van der Waals surface area contributed by atoms with Crippen LogP contribution in [0.4, 0.5) is 8.78 Å². The molecule has 1 aromatic carbocycles. The molecule has 6 nitrogen and oxygen atoms in total. The minimum atomic E-state index is -2.95. The number of hydrogen-bond donors (Lipinski definition) is 2. The van der Waals surface area contributed by atoms with Gasteiger partial charge in [0.15, 0.2) is 8.32 Å². The molecule has 2 N–H and O–H groups in total. The number of aliphatic carboxylic acids is 1. The van der Waals surface area contributed by atoms with Crippen LogP contribution < -0.4 is 0 Å².